The van der Waals surface area contributed by atoms with Crippen LogP contribution in [0.5, 0.6) is 0 Å². The van der Waals surface area contributed by atoms with Gasteiger partial charge in [0.05, 0.1) is 11.7 Å². The maximum Gasteiger partial charge on any atom is 0.247 e. The standard InChI is InChI=1S/C23H29FN8O/c1-26-16-12-21(31(19-11-15(19)24)32-20(22(25)33)13-28-23(16)32)30-8-5-14-17(3-2-4-18(14)30)29-9-6-27-7-10-29/h2-4,12-13,15,19-20,26-27H,5-11H2,1H3,(H2,25,33)/t15-,19+,20?/m0/s1. The highest BCUT2D eigenvalue weighted by Crippen LogP contribution is 2.45. The molecule has 9 nitrogen and oxygen atoms in total. The van der Waals surface area contributed by atoms with Gasteiger partial charge in [-0.1, -0.05) is 6.07 Å². The third-order valence-corrected chi connectivity index (χ3v) is 7.09. The van der Waals surface area contributed by atoms with E-state index in [2.05, 4.69) is 43.6 Å². The van der Waals surface area contributed by atoms with Gasteiger partial charge < -0.3 is 26.2 Å². The molecule has 5 aliphatic rings. The zero-order valence-electron chi connectivity index (χ0n) is 18.7. The summed E-state index contributed by atoms with van der Waals surface area (Å²) in [6.07, 6.45) is 3.95. The van der Waals surface area contributed by atoms with Gasteiger partial charge in [0.15, 0.2) is 11.9 Å². The number of alkyl halides is 1. The first-order valence-corrected chi connectivity index (χ1v) is 11.6. The second-order valence-electron chi connectivity index (χ2n) is 9.04. The summed E-state index contributed by atoms with van der Waals surface area (Å²) in [4.78, 5) is 21.4. The number of aliphatic imine (C=N–C) groups is 1. The first-order valence-electron chi connectivity index (χ1n) is 11.6. The Morgan fingerprint density at radius 1 is 1.21 bits per heavy atom. The van der Waals surface area contributed by atoms with Gasteiger partial charge in [-0.3, -0.25) is 9.80 Å². The SMILES string of the molecule is CNC1=C2N=CC(C(N)=O)N2N([C@@H]2C[C@@H]2F)C(N2CCc3c(N4CCNCC4)cccc32)=C1. The molecule has 0 spiro atoms. The molecule has 6 rings (SSSR count). The highest BCUT2D eigenvalue weighted by molar-refractivity contribution is 5.98. The van der Waals surface area contributed by atoms with E-state index in [1.165, 1.54) is 11.3 Å². The van der Waals surface area contributed by atoms with Gasteiger partial charge in [-0.05, 0) is 18.6 Å². The molecule has 1 aromatic carbocycles. The van der Waals surface area contributed by atoms with E-state index in [9.17, 15) is 9.18 Å². The van der Waals surface area contributed by atoms with Gasteiger partial charge in [-0.2, -0.15) is 0 Å². The van der Waals surface area contributed by atoms with E-state index in [1.54, 1.807) is 11.2 Å². The fraction of sp³-hybridized carbons (Fsp3) is 0.478. The van der Waals surface area contributed by atoms with Crippen molar-refractivity contribution in [2.75, 3.05) is 49.6 Å². The fourth-order valence-corrected chi connectivity index (χ4v) is 5.36. The van der Waals surface area contributed by atoms with E-state index < -0.39 is 18.1 Å². The summed E-state index contributed by atoms with van der Waals surface area (Å²) in [6.45, 7) is 4.71. The zero-order chi connectivity index (χ0) is 22.7. The Bertz CT molecular complexity index is 1080. The van der Waals surface area contributed by atoms with Gasteiger partial charge in [-0.15, -0.1) is 0 Å². The molecule has 1 saturated carbocycles. The van der Waals surface area contributed by atoms with Crippen LogP contribution in [0.1, 0.15) is 12.0 Å². The Kier molecular flexibility index (Phi) is 4.72. The van der Waals surface area contributed by atoms with Gasteiger partial charge in [-0.25, -0.2) is 14.4 Å². The van der Waals surface area contributed by atoms with Crippen molar-refractivity contribution in [3.8, 4) is 0 Å². The van der Waals surface area contributed by atoms with Gasteiger partial charge in [0, 0.05) is 75.4 Å². The van der Waals surface area contributed by atoms with Crippen molar-refractivity contribution in [2.45, 2.75) is 31.1 Å². The molecule has 4 N–H and O–H groups in total. The number of rotatable bonds is 5. The van der Waals surface area contributed by atoms with Gasteiger partial charge in [0.25, 0.3) is 0 Å². The Hall–Kier alpha value is -3.27. The van der Waals surface area contributed by atoms with Crippen molar-refractivity contribution < 1.29 is 9.18 Å². The third kappa shape index (κ3) is 3.15. The monoisotopic (exact) mass is 452 g/mol. The summed E-state index contributed by atoms with van der Waals surface area (Å²) in [5, 5.41) is 10.3. The number of carbonyl (C=O) groups excluding carboxylic acids is 1. The van der Waals surface area contributed by atoms with Crippen LogP contribution in [0, 0.1) is 0 Å². The van der Waals surface area contributed by atoms with Crippen molar-refractivity contribution in [2.24, 2.45) is 10.7 Å². The smallest absolute Gasteiger partial charge is 0.247 e. The van der Waals surface area contributed by atoms with Crippen LogP contribution in [0.3, 0.4) is 0 Å². The second-order valence-corrected chi connectivity index (χ2v) is 9.04. The van der Waals surface area contributed by atoms with Crippen LogP contribution >= 0.6 is 0 Å². The van der Waals surface area contributed by atoms with E-state index >= 15 is 0 Å². The maximum absolute atomic E-state index is 14.5. The maximum atomic E-state index is 14.5. The number of carbonyl (C=O) groups is 1. The Morgan fingerprint density at radius 2 is 1.97 bits per heavy atom. The van der Waals surface area contributed by atoms with Gasteiger partial charge in [0.2, 0.25) is 5.91 Å². The quantitative estimate of drug-likeness (QED) is 0.591. The predicted molar refractivity (Wildman–Crippen MR) is 125 cm³/mol. The average molecular weight is 453 g/mol. The summed E-state index contributed by atoms with van der Waals surface area (Å²) in [6, 6.07) is 5.36. The number of piperazine rings is 1. The van der Waals surface area contributed by atoms with E-state index in [-0.39, 0.29) is 6.04 Å². The van der Waals surface area contributed by atoms with E-state index in [0.29, 0.717) is 12.2 Å². The van der Waals surface area contributed by atoms with Crippen molar-refractivity contribution in [1.29, 1.82) is 0 Å². The van der Waals surface area contributed by atoms with E-state index in [0.717, 1.165) is 56.4 Å². The molecule has 0 aromatic heterocycles. The summed E-state index contributed by atoms with van der Waals surface area (Å²) in [5.74, 6) is 0.939. The molecule has 2 fully saturated rings. The number of hydrogen-bond acceptors (Lipinski definition) is 8. The molecule has 1 saturated heterocycles. The number of halogens is 1. The number of nitrogens with zero attached hydrogens (tertiary/aromatic N) is 5. The molecule has 174 valence electrons. The van der Waals surface area contributed by atoms with Crippen LogP contribution in [0.15, 0.2) is 46.6 Å². The normalized spacial score (nSPS) is 28.2. The first-order chi connectivity index (χ1) is 16.1. The highest BCUT2D eigenvalue weighted by Gasteiger charge is 2.52. The Balaban J connectivity index is 1.42. The first kappa shape index (κ1) is 20.3. The van der Waals surface area contributed by atoms with Crippen molar-refractivity contribution in [3.63, 3.8) is 0 Å². The predicted octanol–water partition coefficient (Wildman–Crippen LogP) is 0.270. The Labute approximate surface area is 192 Å². The minimum atomic E-state index is -0.950. The van der Waals surface area contributed by atoms with Crippen molar-refractivity contribution >= 4 is 23.5 Å². The summed E-state index contributed by atoms with van der Waals surface area (Å²) < 4.78 is 14.5. The number of likely N-dealkylation sites (N-methyl/N-ethyl adjacent to an activating group) is 1. The molecule has 10 heteroatoms. The molecule has 4 heterocycles. The minimum Gasteiger partial charge on any atom is -0.385 e. The highest BCUT2D eigenvalue weighted by atomic mass is 19.1. The number of hydrazine groups is 1. The lowest BCUT2D eigenvalue weighted by Crippen LogP contribution is -2.56. The molecule has 1 amide bonds. The zero-order valence-corrected chi connectivity index (χ0v) is 18.7. The third-order valence-electron chi connectivity index (χ3n) is 7.09. The molecule has 33 heavy (non-hydrogen) atoms. The molecular weight excluding hydrogens is 423 g/mol. The lowest BCUT2D eigenvalue weighted by atomic mass is 10.1. The lowest BCUT2D eigenvalue weighted by molar-refractivity contribution is -0.124. The number of fused-ring (bicyclic) bond motifs is 2. The molecule has 0 bridgehead atoms. The van der Waals surface area contributed by atoms with Crippen LogP contribution in [0.2, 0.25) is 0 Å². The van der Waals surface area contributed by atoms with Crippen molar-refractivity contribution in [3.05, 3.63) is 47.2 Å². The molecule has 1 aromatic rings. The number of hydrogen-bond donors (Lipinski definition) is 3. The van der Waals surface area contributed by atoms with E-state index in [4.69, 9.17) is 5.73 Å². The van der Waals surface area contributed by atoms with Crippen LogP contribution in [-0.4, -0.2) is 80.2 Å². The number of anilines is 2. The topological polar surface area (TPSA) is 92.5 Å². The van der Waals surface area contributed by atoms with Crippen LogP contribution in [0.25, 0.3) is 0 Å². The fourth-order valence-electron chi connectivity index (χ4n) is 5.36. The Morgan fingerprint density at radius 3 is 2.67 bits per heavy atom. The second kappa shape index (κ2) is 7.65. The largest absolute Gasteiger partial charge is 0.385 e. The summed E-state index contributed by atoms with van der Waals surface area (Å²) in [7, 11) is 1.83. The molecule has 4 aliphatic heterocycles. The lowest BCUT2D eigenvalue weighted by Gasteiger charge is -2.45. The van der Waals surface area contributed by atoms with Crippen molar-refractivity contribution in [1.82, 2.24) is 20.7 Å². The molecule has 1 unspecified atom stereocenters. The number of primary amides is 1. The number of nitrogens with two attached hydrogens (primary N) is 1. The van der Waals surface area contributed by atoms with Crippen LogP contribution < -0.4 is 26.2 Å². The number of nitrogens with one attached hydrogen (secondary N) is 2. The summed E-state index contributed by atoms with van der Waals surface area (Å²) in [5.41, 5.74) is 10.2. The molecule has 3 atom stereocenters. The summed E-state index contributed by atoms with van der Waals surface area (Å²) >= 11 is 0. The van der Waals surface area contributed by atoms with Gasteiger partial charge in [0.1, 0.15) is 12.0 Å². The molecular formula is C23H29FN8O. The molecule has 0 radical (unpaired) electrons. The van der Waals surface area contributed by atoms with Gasteiger partial charge >= 0.3 is 0 Å². The minimum absolute atomic E-state index is 0.339. The molecule has 1 aliphatic carbocycles. The van der Waals surface area contributed by atoms with Crippen LogP contribution in [0.4, 0.5) is 15.8 Å². The number of amides is 1. The average Bonchev–Trinajstić information content (AvgIpc) is 3.22. The number of benzene rings is 1. The number of allylic oxidation sites excluding steroid dienone is 1. The van der Waals surface area contributed by atoms with Crippen LogP contribution in [-0.2, 0) is 11.2 Å². The van der Waals surface area contributed by atoms with E-state index in [1.807, 2.05) is 18.1 Å².